The quantitative estimate of drug-likeness (QED) is 0.753. The van der Waals surface area contributed by atoms with E-state index in [1.807, 2.05) is 6.07 Å². The van der Waals surface area contributed by atoms with E-state index < -0.39 is 0 Å². The van der Waals surface area contributed by atoms with Crippen LogP contribution in [0.2, 0.25) is 15.1 Å². The highest BCUT2D eigenvalue weighted by Gasteiger charge is 2.11. The van der Waals surface area contributed by atoms with Gasteiger partial charge >= 0.3 is 0 Å². The van der Waals surface area contributed by atoms with Crippen molar-refractivity contribution in [2.24, 2.45) is 0 Å². The third-order valence-corrected chi connectivity index (χ3v) is 3.70. The maximum atomic E-state index is 12.0. The summed E-state index contributed by atoms with van der Waals surface area (Å²) in [7, 11) is 0. The number of halogens is 3. The Hall–Kier alpha value is -1.73. The molecule has 0 aromatic heterocycles. The Kier molecular flexibility index (Phi) is 5.08. The van der Waals surface area contributed by atoms with Crippen LogP contribution in [-0.2, 0) is 0 Å². The molecule has 0 unspecified atom stereocenters. The molecule has 0 aliphatic rings. The summed E-state index contributed by atoms with van der Waals surface area (Å²) in [5.41, 5.74) is 0.817. The van der Waals surface area contributed by atoms with E-state index in [0.717, 1.165) is 0 Å². The van der Waals surface area contributed by atoms with Gasteiger partial charge < -0.3 is 4.74 Å². The van der Waals surface area contributed by atoms with Gasteiger partial charge in [0.1, 0.15) is 5.75 Å². The van der Waals surface area contributed by atoms with Crippen LogP contribution in [0.15, 0.2) is 36.4 Å². The molecule has 2 aromatic carbocycles. The first-order valence-corrected chi connectivity index (χ1v) is 6.95. The van der Waals surface area contributed by atoms with Crippen LogP contribution in [0.4, 0.5) is 0 Å². The third-order valence-electron chi connectivity index (χ3n) is 2.66. The average Bonchev–Trinajstić information content (AvgIpc) is 2.48. The first-order valence-electron chi connectivity index (χ1n) is 5.82. The molecule has 0 spiro atoms. The third kappa shape index (κ3) is 3.89. The second-order valence-electron chi connectivity index (χ2n) is 4.10. The molecule has 0 saturated heterocycles. The first kappa shape index (κ1) is 15.7. The standard InChI is InChI=1S/C15H8Cl3NO2/c16-11-3-2-10(6-12(11)17)14(20)8-21-15-4-1-9(7-19)5-13(15)18/h1-6H,8H2. The van der Waals surface area contributed by atoms with Gasteiger partial charge in [0.2, 0.25) is 0 Å². The van der Waals surface area contributed by atoms with Crippen molar-refractivity contribution in [3.05, 3.63) is 62.6 Å². The van der Waals surface area contributed by atoms with Crippen molar-refractivity contribution in [3.63, 3.8) is 0 Å². The van der Waals surface area contributed by atoms with Gasteiger partial charge in [-0.2, -0.15) is 5.26 Å². The van der Waals surface area contributed by atoms with Gasteiger partial charge in [-0.25, -0.2) is 0 Å². The Morgan fingerprint density at radius 3 is 2.43 bits per heavy atom. The lowest BCUT2D eigenvalue weighted by atomic mass is 10.1. The Morgan fingerprint density at radius 2 is 1.81 bits per heavy atom. The highest BCUT2D eigenvalue weighted by molar-refractivity contribution is 6.42. The zero-order chi connectivity index (χ0) is 15.4. The predicted molar refractivity (Wildman–Crippen MR) is 82.5 cm³/mol. The smallest absolute Gasteiger partial charge is 0.200 e. The molecule has 0 aliphatic carbocycles. The second kappa shape index (κ2) is 6.82. The van der Waals surface area contributed by atoms with Crippen molar-refractivity contribution in [2.45, 2.75) is 0 Å². The van der Waals surface area contributed by atoms with Crippen LogP contribution in [0.1, 0.15) is 15.9 Å². The lowest BCUT2D eigenvalue weighted by Gasteiger charge is -2.08. The van der Waals surface area contributed by atoms with Gasteiger partial charge in [0.25, 0.3) is 0 Å². The monoisotopic (exact) mass is 339 g/mol. The van der Waals surface area contributed by atoms with Crippen LogP contribution in [0, 0.1) is 11.3 Å². The van der Waals surface area contributed by atoms with Crippen LogP contribution in [-0.4, -0.2) is 12.4 Å². The van der Waals surface area contributed by atoms with E-state index in [-0.39, 0.29) is 17.4 Å². The molecular formula is C15H8Cl3NO2. The lowest BCUT2D eigenvalue weighted by Crippen LogP contribution is -2.11. The summed E-state index contributed by atoms with van der Waals surface area (Å²) < 4.78 is 5.36. The van der Waals surface area contributed by atoms with Gasteiger partial charge in [0.15, 0.2) is 12.4 Å². The lowest BCUT2D eigenvalue weighted by molar-refractivity contribution is 0.0921. The fourth-order valence-corrected chi connectivity index (χ4v) is 2.12. The van der Waals surface area contributed by atoms with Crippen LogP contribution >= 0.6 is 34.8 Å². The Bertz CT molecular complexity index is 738. The van der Waals surface area contributed by atoms with Gasteiger partial charge in [-0.1, -0.05) is 34.8 Å². The number of Topliss-reactive ketones (excluding diaryl/α,β-unsaturated/α-hetero) is 1. The van der Waals surface area contributed by atoms with Crippen molar-refractivity contribution in [2.75, 3.05) is 6.61 Å². The van der Waals surface area contributed by atoms with Gasteiger partial charge in [-0.05, 0) is 36.4 Å². The molecule has 0 fully saturated rings. The first-order chi connectivity index (χ1) is 10.0. The SMILES string of the molecule is N#Cc1ccc(OCC(=O)c2ccc(Cl)c(Cl)c2)c(Cl)c1. The van der Waals surface area contributed by atoms with E-state index >= 15 is 0 Å². The molecule has 0 N–H and O–H groups in total. The zero-order valence-corrected chi connectivity index (χ0v) is 12.8. The number of hydrogen-bond donors (Lipinski definition) is 0. The summed E-state index contributed by atoms with van der Waals surface area (Å²) in [6, 6.07) is 11.1. The Morgan fingerprint density at radius 1 is 1.05 bits per heavy atom. The van der Waals surface area contributed by atoms with Gasteiger partial charge in [0.05, 0.1) is 26.7 Å². The molecule has 3 nitrogen and oxygen atoms in total. The van der Waals surface area contributed by atoms with E-state index in [9.17, 15) is 4.79 Å². The number of ether oxygens (including phenoxy) is 1. The second-order valence-corrected chi connectivity index (χ2v) is 5.32. The minimum Gasteiger partial charge on any atom is -0.484 e. The van der Waals surface area contributed by atoms with Crippen LogP contribution < -0.4 is 4.74 Å². The molecule has 0 radical (unpaired) electrons. The number of nitriles is 1. The number of carbonyl (C=O) groups excluding carboxylic acids is 1. The van der Waals surface area contributed by atoms with Gasteiger partial charge in [-0.3, -0.25) is 4.79 Å². The summed E-state index contributed by atoms with van der Waals surface area (Å²) in [5.74, 6) is 0.0815. The van der Waals surface area contributed by atoms with E-state index in [1.165, 1.54) is 12.1 Å². The molecule has 0 bridgehead atoms. The minimum absolute atomic E-state index is 0.191. The summed E-state index contributed by atoms with van der Waals surface area (Å²) >= 11 is 17.6. The largest absolute Gasteiger partial charge is 0.484 e. The Balaban J connectivity index is 2.07. The zero-order valence-electron chi connectivity index (χ0n) is 10.6. The van der Waals surface area contributed by atoms with E-state index in [2.05, 4.69) is 0 Å². The molecule has 21 heavy (non-hydrogen) atoms. The minimum atomic E-state index is -0.256. The van der Waals surface area contributed by atoms with E-state index in [1.54, 1.807) is 24.3 Å². The van der Waals surface area contributed by atoms with Crippen molar-refractivity contribution >= 4 is 40.6 Å². The number of rotatable bonds is 4. The summed E-state index contributed by atoms with van der Waals surface area (Å²) in [5, 5.41) is 9.70. The molecule has 0 amide bonds. The molecule has 6 heteroatoms. The summed E-state index contributed by atoms with van der Waals surface area (Å²) in [4.78, 5) is 12.0. The Labute approximate surface area is 136 Å². The molecule has 0 saturated carbocycles. The molecule has 106 valence electrons. The molecule has 2 aromatic rings. The normalized spacial score (nSPS) is 10.0. The molecule has 0 aliphatic heterocycles. The van der Waals surface area contributed by atoms with Crippen molar-refractivity contribution in [1.29, 1.82) is 5.26 Å². The molecule has 2 rings (SSSR count). The van der Waals surface area contributed by atoms with Crippen molar-refractivity contribution in [3.8, 4) is 11.8 Å². The van der Waals surface area contributed by atoms with E-state index in [4.69, 9.17) is 44.8 Å². The molecular weight excluding hydrogens is 333 g/mol. The number of nitrogens with zero attached hydrogens (tertiary/aromatic N) is 1. The maximum absolute atomic E-state index is 12.0. The average molecular weight is 341 g/mol. The number of hydrogen-bond acceptors (Lipinski definition) is 3. The number of ketones is 1. The summed E-state index contributed by atoms with van der Waals surface area (Å²) in [6.45, 7) is -0.191. The molecule has 0 atom stereocenters. The fraction of sp³-hybridized carbons (Fsp3) is 0.0667. The van der Waals surface area contributed by atoms with Crippen LogP contribution in [0.5, 0.6) is 5.75 Å². The van der Waals surface area contributed by atoms with Crippen LogP contribution in [0.25, 0.3) is 0 Å². The topological polar surface area (TPSA) is 50.1 Å². The van der Waals surface area contributed by atoms with E-state index in [0.29, 0.717) is 26.9 Å². The predicted octanol–water partition coefficient (Wildman–Crippen LogP) is 4.78. The van der Waals surface area contributed by atoms with Crippen molar-refractivity contribution in [1.82, 2.24) is 0 Å². The summed E-state index contributed by atoms with van der Waals surface area (Å²) in [6.07, 6.45) is 0. The van der Waals surface area contributed by atoms with Gasteiger partial charge in [0, 0.05) is 5.56 Å². The maximum Gasteiger partial charge on any atom is 0.200 e. The van der Waals surface area contributed by atoms with Crippen molar-refractivity contribution < 1.29 is 9.53 Å². The fourth-order valence-electron chi connectivity index (χ4n) is 1.58. The molecule has 0 heterocycles. The highest BCUT2D eigenvalue weighted by Crippen LogP contribution is 2.26. The number of benzene rings is 2. The van der Waals surface area contributed by atoms with Crippen LogP contribution in [0.3, 0.4) is 0 Å². The number of carbonyl (C=O) groups is 1. The van der Waals surface area contributed by atoms with Gasteiger partial charge in [-0.15, -0.1) is 0 Å². The highest BCUT2D eigenvalue weighted by atomic mass is 35.5.